The molecule has 0 aromatic heterocycles. The van der Waals surface area contributed by atoms with Gasteiger partial charge in [-0.05, 0) is 57.7 Å². The van der Waals surface area contributed by atoms with Gasteiger partial charge in [-0.2, -0.15) is 0 Å². The number of sulfonamides is 2. The minimum Gasteiger partial charge on any atom is -0.328 e. The van der Waals surface area contributed by atoms with E-state index in [-0.39, 0.29) is 22.7 Å². The number of benzene rings is 1. The van der Waals surface area contributed by atoms with Crippen LogP contribution < -0.4 is 15.2 Å². The molecule has 0 radical (unpaired) electrons. The van der Waals surface area contributed by atoms with Gasteiger partial charge in [-0.1, -0.05) is 0 Å². The van der Waals surface area contributed by atoms with Gasteiger partial charge >= 0.3 is 0 Å². The van der Waals surface area contributed by atoms with Gasteiger partial charge in [0.2, 0.25) is 20.0 Å². The Morgan fingerprint density at radius 2 is 1.72 bits per heavy atom. The van der Waals surface area contributed by atoms with Crippen LogP contribution in [-0.4, -0.2) is 34.2 Å². The van der Waals surface area contributed by atoms with Gasteiger partial charge in [0.25, 0.3) is 0 Å². The molecule has 1 aliphatic carbocycles. The summed E-state index contributed by atoms with van der Waals surface area (Å²) in [5, 5.41) is -0.741. The van der Waals surface area contributed by atoms with Crippen molar-refractivity contribution in [3.63, 3.8) is 0 Å². The molecule has 7 nitrogen and oxygen atoms in total. The van der Waals surface area contributed by atoms with Crippen molar-refractivity contribution in [2.24, 2.45) is 5.73 Å². The summed E-state index contributed by atoms with van der Waals surface area (Å²) in [5.41, 5.74) is 5.52. The van der Waals surface area contributed by atoms with Gasteiger partial charge in [0.05, 0.1) is 15.8 Å². The summed E-state index contributed by atoms with van der Waals surface area (Å²) in [5.74, 6) is -0.947. The van der Waals surface area contributed by atoms with E-state index >= 15 is 0 Å². The summed E-state index contributed by atoms with van der Waals surface area (Å²) in [6.07, 6.45) is 2.74. The van der Waals surface area contributed by atoms with Gasteiger partial charge in [-0.25, -0.2) is 25.9 Å². The Kier molecular flexibility index (Phi) is 6.08. The molecule has 0 saturated heterocycles. The van der Waals surface area contributed by atoms with Crippen LogP contribution in [0, 0.1) is 5.82 Å². The van der Waals surface area contributed by atoms with Crippen LogP contribution in [0.5, 0.6) is 0 Å². The molecular weight excluding hydrogens is 369 g/mol. The summed E-state index contributed by atoms with van der Waals surface area (Å²) in [4.78, 5) is -0.243. The van der Waals surface area contributed by atoms with Crippen LogP contribution in [0.2, 0.25) is 0 Å². The average molecular weight is 394 g/mol. The zero-order chi connectivity index (χ0) is 18.8. The zero-order valence-corrected chi connectivity index (χ0v) is 15.8. The fourth-order valence-corrected chi connectivity index (χ4v) is 4.57. The van der Waals surface area contributed by atoms with Crippen LogP contribution >= 0.6 is 0 Å². The molecule has 1 aromatic rings. The van der Waals surface area contributed by atoms with Gasteiger partial charge in [0.1, 0.15) is 5.82 Å². The molecule has 142 valence electrons. The molecule has 4 N–H and O–H groups in total. The van der Waals surface area contributed by atoms with E-state index in [2.05, 4.69) is 9.44 Å². The quantitative estimate of drug-likeness (QED) is 0.677. The van der Waals surface area contributed by atoms with E-state index in [4.69, 9.17) is 5.73 Å². The fourth-order valence-electron chi connectivity index (χ4n) is 2.54. The first-order valence-electron chi connectivity index (χ1n) is 8.10. The second kappa shape index (κ2) is 7.56. The maximum atomic E-state index is 14.2. The minimum absolute atomic E-state index is 0.0893. The van der Waals surface area contributed by atoms with Gasteiger partial charge < -0.3 is 5.73 Å². The number of hydrogen-bond acceptors (Lipinski definition) is 5. The van der Waals surface area contributed by atoms with Crippen LogP contribution in [0.25, 0.3) is 0 Å². The highest BCUT2D eigenvalue weighted by atomic mass is 32.2. The number of nitrogens with one attached hydrogen (secondary N) is 2. The van der Waals surface area contributed by atoms with Crippen LogP contribution in [0.4, 0.5) is 10.1 Å². The lowest BCUT2D eigenvalue weighted by atomic mass is 9.93. The van der Waals surface area contributed by atoms with Crippen molar-refractivity contribution in [1.82, 2.24) is 4.72 Å². The van der Waals surface area contributed by atoms with Gasteiger partial charge in [-0.15, -0.1) is 0 Å². The molecule has 0 bridgehead atoms. The van der Waals surface area contributed by atoms with Crippen molar-refractivity contribution in [3.05, 3.63) is 24.0 Å². The fraction of sp³-hybridized carbons (Fsp3) is 0.600. The predicted molar refractivity (Wildman–Crippen MR) is 94.6 cm³/mol. The summed E-state index contributed by atoms with van der Waals surface area (Å²) >= 11 is 0. The second-order valence-electron chi connectivity index (χ2n) is 6.57. The Morgan fingerprint density at radius 1 is 1.12 bits per heavy atom. The number of rotatable bonds is 6. The molecule has 0 unspecified atom stereocenters. The molecule has 0 aliphatic heterocycles. The van der Waals surface area contributed by atoms with E-state index in [1.165, 1.54) is 19.9 Å². The SMILES string of the molecule is CC(C)S(=O)(=O)Nc1ccc(S(=O)(=O)NC2CCC(N)CC2)cc1F. The Hall–Kier alpha value is -1.23. The van der Waals surface area contributed by atoms with Crippen LogP contribution in [-0.2, 0) is 20.0 Å². The van der Waals surface area contributed by atoms with Crippen LogP contribution in [0.1, 0.15) is 39.5 Å². The third-order valence-electron chi connectivity index (χ3n) is 4.22. The standard InChI is InChI=1S/C15H24FN3O4S2/c1-10(2)24(20,21)19-15-8-7-13(9-14(15)16)25(22,23)18-12-5-3-11(17)4-6-12/h7-12,18-19H,3-6,17H2,1-2H3. The topological polar surface area (TPSA) is 118 Å². The molecule has 0 amide bonds. The Bertz CT molecular complexity index is 817. The predicted octanol–water partition coefficient (Wildman–Crippen LogP) is 1.52. The average Bonchev–Trinajstić information content (AvgIpc) is 2.51. The van der Waals surface area contributed by atoms with E-state index in [0.29, 0.717) is 12.8 Å². The van der Waals surface area contributed by atoms with Crippen molar-refractivity contribution < 1.29 is 21.2 Å². The lowest BCUT2D eigenvalue weighted by Gasteiger charge is -2.26. The van der Waals surface area contributed by atoms with Crippen LogP contribution in [0.3, 0.4) is 0 Å². The molecular formula is C15H24FN3O4S2. The van der Waals surface area contributed by atoms with E-state index in [9.17, 15) is 21.2 Å². The maximum Gasteiger partial charge on any atom is 0.240 e. The van der Waals surface area contributed by atoms with Gasteiger partial charge in [0, 0.05) is 12.1 Å². The van der Waals surface area contributed by atoms with Crippen molar-refractivity contribution >= 4 is 25.7 Å². The van der Waals surface area contributed by atoms with Crippen molar-refractivity contribution in [2.75, 3.05) is 4.72 Å². The highest BCUT2D eigenvalue weighted by Crippen LogP contribution is 2.23. The minimum atomic E-state index is -3.88. The largest absolute Gasteiger partial charge is 0.328 e. The Balaban J connectivity index is 2.16. The summed E-state index contributed by atoms with van der Waals surface area (Å²) in [6, 6.07) is 2.96. The lowest BCUT2D eigenvalue weighted by Crippen LogP contribution is -2.40. The summed E-state index contributed by atoms with van der Waals surface area (Å²) < 4.78 is 67.2. The smallest absolute Gasteiger partial charge is 0.240 e. The number of halogens is 1. The molecule has 0 spiro atoms. The first kappa shape index (κ1) is 20.1. The number of nitrogens with two attached hydrogens (primary N) is 1. The molecule has 0 heterocycles. The van der Waals surface area contributed by atoms with Crippen LogP contribution in [0.15, 0.2) is 23.1 Å². The second-order valence-corrected chi connectivity index (χ2v) is 10.5. The lowest BCUT2D eigenvalue weighted by molar-refractivity contribution is 0.373. The number of hydrogen-bond donors (Lipinski definition) is 3. The summed E-state index contributed by atoms with van der Waals surface area (Å²) in [6.45, 7) is 2.91. The zero-order valence-electron chi connectivity index (χ0n) is 14.2. The molecule has 0 atom stereocenters. The third kappa shape index (κ3) is 5.13. The number of anilines is 1. The van der Waals surface area contributed by atoms with E-state index in [0.717, 1.165) is 25.0 Å². The first-order valence-corrected chi connectivity index (χ1v) is 11.1. The van der Waals surface area contributed by atoms with Crippen molar-refractivity contribution in [1.29, 1.82) is 0 Å². The molecule has 1 saturated carbocycles. The third-order valence-corrected chi connectivity index (χ3v) is 7.48. The molecule has 1 aromatic carbocycles. The molecule has 25 heavy (non-hydrogen) atoms. The molecule has 1 aliphatic rings. The Morgan fingerprint density at radius 3 is 2.24 bits per heavy atom. The van der Waals surface area contributed by atoms with E-state index in [1.54, 1.807) is 0 Å². The first-order chi connectivity index (χ1) is 11.5. The normalized spacial score (nSPS) is 22.1. The monoisotopic (exact) mass is 393 g/mol. The highest BCUT2D eigenvalue weighted by Gasteiger charge is 2.25. The van der Waals surface area contributed by atoms with Gasteiger partial charge in [0.15, 0.2) is 0 Å². The van der Waals surface area contributed by atoms with Crippen molar-refractivity contribution in [2.45, 2.75) is 61.8 Å². The maximum absolute atomic E-state index is 14.2. The highest BCUT2D eigenvalue weighted by molar-refractivity contribution is 7.93. The Labute approximate surface area is 148 Å². The van der Waals surface area contributed by atoms with E-state index in [1.807, 2.05) is 0 Å². The van der Waals surface area contributed by atoms with Gasteiger partial charge in [-0.3, -0.25) is 4.72 Å². The molecule has 10 heteroatoms. The summed E-state index contributed by atoms with van der Waals surface area (Å²) in [7, 11) is -7.60. The van der Waals surface area contributed by atoms with E-state index < -0.39 is 31.1 Å². The van der Waals surface area contributed by atoms with Crippen molar-refractivity contribution in [3.8, 4) is 0 Å². The molecule has 2 rings (SSSR count). The molecule has 1 fully saturated rings.